The van der Waals surface area contributed by atoms with Gasteiger partial charge >= 0.3 is 0 Å². The van der Waals surface area contributed by atoms with Crippen LogP contribution in [0.25, 0.3) is 11.3 Å². The molecule has 1 aliphatic rings. The summed E-state index contributed by atoms with van der Waals surface area (Å²) in [5.74, 6) is 1.27. The number of hydrogen-bond donors (Lipinski definition) is 0. The summed E-state index contributed by atoms with van der Waals surface area (Å²) in [6.07, 6.45) is 0. The van der Waals surface area contributed by atoms with Gasteiger partial charge in [-0.05, 0) is 38.1 Å². The Morgan fingerprint density at radius 2 is 1.84 bits per heavy atom. The number of rotatable bonds is 6. The van der Waals surface area contributed by atoms with Gasteiger partial charge in [0.25, 0.3) is 5.91 Å². The van der Waals surface area contributed by atoms with Crippen molar-refractivity contribution in [3.63, 3.8) is 0 Å². The zero-order valence-corrected chi connectivity index (χ0v) is 18.8. The van der Waals surface area contributed by atoms with Crippen molar-refractivity contribution in [1.29, 1.82) is 0 Å². The molecule has 2 heterocycles. The molecule has 7 nitrogen and oxygen atoms in total. The fourth-order valence-electron chi connectivity index (χ4n) is 3.61. The van der Waals surface area contributed by atoms with Crippen molar-refractivity contribution in [2.75, 3.05) is 32.2 Å². The molecular formula is C23H24N4O3S. The minimum Gasteiger partial charge on any atom is -0.497 e. The quantitative estimate of drug-likeness (QED) is 0.591. The molecule has 31 heavy (non-hydrogen) atoms. The van der Waals surface area contributed by atoms with Gasteiger partial charge in [-0.2, -0.15) is 5.10 Å². The van der Waals surface area contributed by atoms with Crippen molar-refractivity contribution in [3.05, 3.63) is 58.2 Å². The van der Waals surface area contributed by atoms with E-state index in [1.165, 1.54) is 11.3 Å². The first kappa shape index (κ1) is 20.9. The average molecular weight is 437 g/mol. The molecule has 0 radical (unpaired) electrons. The predicted octanol–water partition coefficient (Wildman–Crippen LogP) is 3.77. The van der Waals surface area contributed by atoms with Gasteiger partial charge in [-0.25, -0.2) is 4.68 Å². The summed E-state index contributed by atoms with van der Waals surface area (Å²) in [5.41, 5.74) is 3.68. The molecule has 0 unspecified atom stereocenters. The molecule has 8 heteroatoms. The van der Waals surface area contributed by atoms with Crippen LogP contribution in [0.15, 0.2) is 57.9 Å². The van der Waals surface area contributed by atoms with Crippen LogP contribution in [0, 0.1) is 0 Å². The first-order valence-electron chi connectivity index (χ1n) is 10.1. The molecule has 0 fully saturated rings. The Morgan fingerprint density at radius 1 is 1.03 bits per heavy atom. The number of methoxy groups -OCH3 is 2. The van der Waals surface area contributed by atoms with Crippen molar-refractivity contribution in [2.45, 2.75) is 13.8 Å². The van der Waals surface area contributed by atoms with Crippen molar-refractivity contribution in [1.82, 2.24) is 4.68 Å². The largest absolute Gasteiger partial charge is 0.497 e. The molecule has 0 saturated heterocycles. The van der Waals surface area contributed by atoms with Crippen LogP contribution in [-0.4, -0.2) is 43.6 Å². The average Bonchev–Trinajstić information content (AvgIpc) is 3.32. The summed E-state index contributed by atoms with van der Waals surface area (Å²) in [5, 5.41) is 6.80. The summed E-state index contributed by atoms with van der Waals surface area (Å²) in [6.45, 7) is 5.11. The third-order valence-corrected chi connectivity index (χ3v) is 5.93. The number of carbonyl (C=O) groups is 1. The van der Waals surface area contributed by atoms with Crippen LogP contribution in [0.4, 0.5) is 5.69 Å². The molecule has 0 spiro atoms. The maximum atomic E-state index is 13.2. The highest BCUT2D eigenvalue weighted by molar-refractivity contribution is 7.07. The first-order valence-corrected chi connectivity index (χ1v) is 10.9. The minimum absolute atomic E-state index is 0.117. The Bertz CT molecular complexity index is 1230. The second-order valence-electron chi connectivity index (χ2n) is 6.77. The second-order valence-corrected chi connectivity index (χ2v) is 7.61. The molecule has 0 bridgehead atoms. The van der Waals surface area contributed by atoms with E-state index in [-0.39, 0.29) is 5.91 Å². The van der Waals surface area contributed by atoms with Crippen LogP contribution < -0.4 is 19.2 Å². The summed E-state index contributed by atoms with van der Waals surface area (Å²) < 4.78 is 12.7. The van der Waals surface area contributed by atoms with Gasteiger partial charge in [-0.15, -0.1) is 11.3 Å². The molecule has 0 aliphatic carbocycles. The van der Waals surface area contributed by atoms with Crippen LogP contribution in [0.5, 0.6) is 11.5 Å². The number of benzene rings is 2. The molecule has 2 aromatic carbocycles. The van der Waals surface area contributed by atoms with E-state index in [0.717, 1.165) is 22.5 Å². The Labute approximate surface area is 184 Å². The Morgan fingerprint density at radius 3 is 2.55 bits per heavy atom. The summed E-state index contributed by atoms with van der Waals surface area (Å²) in [7, 11) is 3.25. The predicted molar refractivity (Wildman–Crippen MR) is 123 cm³/mol. The van der Waals surface area contributed by atoms with Crippen molar-refractivity contribution in [2.24, 2.45) is 10.1 Å². The minimum atomic E-state index is -0.117. The van der Waals surface area contributed by atoms with E-state index in [0.29, 0.717) is 35.1 Å². The Hall–Kier alpha value is -3.39. The van der Waals surface area contributed by atoms with Gasteiger partial charge in [0.15, 0.2) is 5.71 Å². The summed E-state index contributed by atoms with van der Waals surface area (Å²) in [4.78, 5) is 20.2. The number of ether oxygens (including phenoxy) is 2. The fraction of sp³-hybridized carbons (Fsp3) is 0.261. The van der Waals surface area contributed by atoms with Gasteiger partial charge < -0.3 is 14.4 Å². The van der Waals surface area contributed by atoms with Crippen LogP contribution >= 0.6 is 11.3 Å². The molecule has 0 saturated carbocycles. The molecule has 1 aromatic heterocycles. The lowest BCUT2D eigenvalue weighted by molar-refractivity contribution is -0.112. The zero-order chi connectivity index (χ0) is 22.0. The first-order chi connectivity index (χ1) is 15.1. The number of thiazole rings is 1. The molecule has 0 atom stereocenters. The number of carbonyl (C=O) groups excluding carboxylic acids is 1. The van der Waals surface area contributed by atoms with Gasteiger partial charge in [0.2, 0.25) is 4.80 Å². The van der Waals surface area contributed by atoms with E-state index in [9.17, 15) is 4.79 Å². The lowest BCUT2D eigenvalue weighted by Crippen LogP contribution is -2.30. The molecule has 3 aromatic rings. The summed E-state index contributed by atoms with van der Waals surface area (Å²) in [6, 6.07) is 13.3. The highest BCUT2D eigenvalue weighted by Crippen LogP contribution is 2.34. The molecule has 0 N–H and O–H groups in total. The highest BCUT2D eigenvalue weighted by atomic mass is 32.1. The third-order valence-electron chi connectivity index (χ3n) is 5.08. The van der Waals surface area contributed by atoms with Crippen LogP contribution in [0.1, 0.15) is 19.4 Å². The number of hydrogen-bond acceptors (Lipinski definition) is 6. The van der Waals surface area contributed by atoms with E-state index < -0.39 is 0 Å². The van der Waals surface area contributed by atoms with Gasteiger partial charge in [0.1, 0.15) is 11.5 Å². The van der Waals surface area contributed by atoms with Crippen molar-refractivity contribution >= 4 is 28.6 Å². The maximum Gasteiger partial charge on any atom is 0.279 e. The van der Waals surface area contributed by atoms with Gasteiger partial charge in [-0.1, -0.05) is 18.2 Å². The highest BCUT2D eigenvalue weighted by Gasteiger charge is 2.33. The van der Waals surface area contributed by atoms with E-state index in [1.54, 1.807) is 23.8 Å². The lowest BCUT2D eigenvalue weighted by Gasteiger charge is -2.13. The lowest BCUT2D eigenvalue weighted by atomic mass is 10.1. The van der Waals surface area contributed by atoms with Crippen LogP contribution in [-0.2, 0) is 4.79 Å². The topological polar surface area (TPSA) is 68.4 Å². The van der Waals surface area contributed by atoms with Crippen molar-refractivity contribution in [3.8, 4) is 22.8 Å². The Kier molecular flexibility index (Phi) is 5.90. The molecule has 1 amide bonds. The third kappa shape index (κ3) is 3.63. The SMILES string of the molecule is CCN=c1scc(-c2cc(OC)ccc2OC)n1N=C1C(=O)N(CC)c2ccccc21. The van der Waals surface area contributed by atoms with E-state index in [2.05, 4.69) is 4.99 Å². The second kappa shape index (κ2) is 8.77. The zero-order valence-electron chi connectivity index (χ0n) is 18.0. The van der Waals surface area contributed by atoms with E-state index in [4.69, 9.17) is 14.6 Å². The maximum absolute atomic E-state index is 13.2. The number of nitrogens with zero attached hydrogens (tertiary/aromatic N) is 4. The number of anilines is 1. The fourth-order valence-corrected chi connectivity index (χ4v) is 4.50. The number of aromatic nitrogens is 1. The Balaban J connectivity index is 1.96. The van der Waals surface area contributed by atoms with Crippen LogP contribution in [0.2, 0.25) is 0 Å². The summed E-state index contributed by atoms with van der Waals surface area (Å²) >= 11 is 1.47. The monoisotopic (exact) mass is 436 g/mol. The molecule has 160 valence electrons. The van der Waals surface area contributed by atoms with Gasteiger partial charge in [0, 0.05) is 29.6 Å². The molecular weight excluding hydrogens is 412 g/mol. The standard InChI is InChI=1S/C23H24N4O3S/c1-5-24-23-27(19(14-31-23)17-13-15(29-3)11-12-20(17)30-4)25-21-16-9-7-8-10-18(16)26(6-2)22(21)28/h7-14H,5-6H2,1-4H3. The van der Waals surface area contributed by atoms with Crippen LogP contribution in [0.3, 0.4) is 0 Å². The normalized spacial score (nSPS) is 15.0. The smallest absolute Gasteiger partial charge is 0.279 e. The number of para-hydroxylation sites is 1. The van der Waals surface area contributed by atoms with E-state index >= 15 is 0 Å². The molecule has 1 aliphatic heterocycles. The number of fused-ring (bicyclic) bond motifs is 1. The van der Waals surface area contributed by atoms with Gasteiger partial charge in [-0.3, -0.25) is 9.79 Å². The number of amides is 1. The molecule has 4 rings (SSSR count). The van der Waals surface area contributed by atoms with Crippen molar-refractivity contribution < 1.29 is 14.3 Å². The number of likely N-dealkylation sites (N-methyl/N-ethyl adjacent to an activating group) is 1. The van der Waals surface area contributed by atoms with E-state index in [1.807, 2.05) is 61.7 Å². The van der Waals surface area contributed by atoms with Gasteiger partial charge in [0.05, 0.1) is 25.6 Å².